The topological polar surface area (TPSA) is 86.4 Å². The van der Waals surface area contributed by atoms with Crippen molar-refractivity contribution >= 4 is 11.6 Å². The van der Waals surface area contributed by atoms with E-state index in [0.29, 0.717) is 5.71 Å². The lowest BCUT2D eigenvalue weighted by Crippen LogP contribution is -3.10. The van der Waals surface area contributed by atoms with E-state index in [9.17, 15) is 15.0 Å². The van der Waals surface area contributed by atoms with Crippen molar-refractivity contribution in [1.29, 1.82) is 0 Å². The number of nitrogens with zero attached hydrogens (tertiary/aromatic N) is 1. The molecule has 2 rings (SSSR count). The van der Waals surface area contributed by atoms with Crippen molar-refractivity contribution in [2.45, 2.75) is 27.3 Å². The highest BCUT2D eigenvalue weighted by atomic mass is 16.3. The fraction of sp³-hybridized carbons (Fsp3) is 0.300. The highest BCUT2D eigenvalue weighted by molar-refractivity contribution is 6.01. The summed E-state index contributed by atoms with van der Waals surface area (Å²) in [5.74, 6) is -0.305. The average Bonchev–Trinajstić information content (AvgIpc) is 2.65. The zero-order valence-electron chi connectivity index (χ0n) is 15.4. The molecule has 0 aliphatic rings. The van der Waals surface area contributed by atoms with Gasteiger partial charge in [-0.15, -0.1) is 0 Å². The van der Waals surface area contributed by atoms with Crippen LogP contribution in [-0.4, -0.2) is 34.9 Å². The zero-order valence-corrected chi connectivity index (χ0v) is 15.4. The zero-order chi connectivity index (χ0) is 19.1. The maximum atomic E-state index is 12.1. The van der Waals surface area contributed by atoms with Crippen LogP contribution in [0, 0.1) is 0 Å². The Bertz CT molecular complexity index is 799. The van der Waals surface area contributed by atoms with Gasteiger partial charge in [0.15, 0.2) is 0 Å². The third kappa shape index (κ3) is 4.83. The van der Waals surface area contributed by atoms with E-state index in [2.05, 4.69) is 24.4 Å². The lowest BCUT2D eigenvalue weighted by atomic mass is 10.1. The second-order valence-corrected chi connectivity index (χ2v) is 6.13. The van der Waals surface area contributed by atoms with Crippen LogP contribution in [0.3, 0.4) is 0 Å². The van der Waals surface area contributed by atoms with Gasteiger partial charge in [-0.3, -0.25) is 4.79 Å². The van der Waals surface area contributed by atoms with Crippen LogP contribution in [0.4, 0.5) is 0 Å². The number of aromatic hydroxyl groups is 2. The third-order valence-corrected chi connectivity index (χ3v) is 4.41. The maximum absolute atomic E-state index is 12.1. The summed E-state index contributed by atoms with van der Waals surface area (Å²) in [6.45, 7) is 8.69. The van der Waals surface area contributed by atoms with Crippen LogP contribution in [0.5, 0.6) is 11.5 Å². The van der Waals surface area contributed by atoms with Crippen LogP contribution in [0.15, 0.2) is 47.6 Å². The molecule has 6 nitrogen and oxygen atoms in total. The summed E-state index contributed by atoms with van der Waals surface area (Å²) in [6, 6.07) is 11.6. The fourth-order valence-corrected chi connectivity index (χ4v) is 2.65. The van der Waals surface area contributed by atoms with Gasteiger partial charge in [-0.05, 0) is 56.7 Å². The van der Waals surface area contributed by atoms with E-state index in [0.717, 1.165) is 30.8 Å². The monoisotopic (exact) mass is 356 g/mol. The number of phenolic OH excluding ortho intramolecular Hbond substituents is 2. The van der Waals surface area contributed by atoms with E-state index in [1.54, 1.807) is 31.2 Å². The van der Waals surface area contributed by atoms with Crippen molar-refractivity contribution < 1.29 is 19.9 Å². The van der Waals surface area contributed by atoms with Gasteiger partial charge in [0.05, 0.1) is 24.4 Å². The Balaban J connectivity index is 2.16. The molecule has 0 aliphatic heterocycles. The number of nitrogens with one attached hydrogen (secondary N) is 2. The number of carbonyl (C=O) groups is 1. The van der Waals surface area contributed by atoms with Crippen molar-refractivity contribution in [3.63, 3.8) is 0 Å². The Hall–Kier alpha value is -2.86. The van der Waals surface area contributed by atoms with Crippen molar-refractivity contribution in [3.05, 3.63) is 59.2 Å². The minimum absolute atomic E-state index is 0.0908. The predicted molar refractivity (Wildman–Crippen MR) is 102 cm³/mol. The summed E-state index contributed by atoms with van der Waals surface area (Å²) in [6.07, 6.45) is 0. The molecule has 2 aromatic rings. The summed E-state index contributed by atoms with van der Waals surface area (Å²) >= 11 is 0. The number of para-hydroxylation sites is 1. The summed E-state index contributed by atoms with van der Waals surface area (Å²) in [7, 11) is 0. The molecule has 0 heterocycles. The number of quaternary nitrogens is 1. The first-order chi connectivity index (χ1) is 12.5. The molecule has 6 heteroatoms. The quantitative estimate of drug-likeness (QED) is 0.450. The first kappa shape index (κ1) is 19.5. The van der Waals surface area contributed by atoms with Crippen molar-refractivity contribution in [2.75, 3.05) is 13.1 Å². The second-order valence-electron chi connectivity index (χ2n) is 6.13. The van der Waals surface area contributed by atoms with Gasteiger partial charge >= 0.3 is 0 Å². The Morgan fingerprint density at radius 1 is 1.08 bits per heavy atom. The molecule has 0 aliphatic carbocycles. The molecule has 26 heavy (non-hydrogen) atoms. The van der Waals surface area contributed by atoms with Gasteiger partial charge in [0.1, 0.15) is 18.0 Å². The number of hydrazone groups is 1. The molecule has 0 atom stereocenters. The number of hydrogen-bond donors (Lipinski definition) is 4. The average molecular weight is 356 g/mol. The summed E-state index contributed by atoms with van der Waals surface area (Å²) in [5.41, 5.74) is 4.91. The molecular weight excluding hydrogens is 330 g/mol. The number of carbonyl (C=O) groups excluding carboxylic acids is 1. The molecule has 138 valence electrons. The first-order valence-electron chi connectivity index (χ1n) is 8.74. The van der Waals surface area contributed by atoms with Crippen LogP contribution in [0.2, 0.25) is 0 Å². The van der Waals surface area contributed by atoms with E-state index in [-0.39, 0.29) is 17.1 Å². The van der Waals surface area contributed by atoms with Gasteiger partial charge in [-0.25, -0.2) is 5.43 Å². The Kier molecular flexibility index (Phi) is 6.74. The van der Waals surface area contributed by atoms with E-state index in [1.165, 1.54) is 17.0 Å². The van der Waals surface area contributed by atoms with Gasteiger partial charge in [0.25, 0.3) is 5.91 Å². The summed E-state index contributed by atoms with van der Waals surface area (Å²) < 4.78 is 0. The largest absolute Gasteiger partial charge is 0.507 e. The minimum atomic E-state index is -0.478. The van der Waals surface area contributed by atoms with E-state index < -0.39 is 5.91 Å². The fourth-order valence-electron chi connectivity index (χ4n) is 2.65. The van der Waals surface area contributed by atoms with Gasteiger partial charge in [-0.1, -0.05) is 12.1 Å². The first-order valence-corrected chi connectivity index (χ1v) is 8.74. The smallest absolute Gasteiger partial charge is 0.275 e. The molecule has 4 N–H and O–H groups in total. The SMILES string of the molecule is CC[NH+](CC)Cc1cc(/C(C)=N/NC(=O)c2ccccc2O)ccc1O. The third-order valence-electron chi connectivity index (χ3n) is 4.41. The highest BCUT2D eigenvalue weighted by Crippen LogP contribution is 2.18. The van der Waals surface area contributed by atoms with E-state index in [4.69, 9.17) is 0 Å². The lowest BCUT2D eigenvalue weighted by Gasteiger charge is -2.16. The molecule has 0 spiro atoms. The van der Waals surface area contributed by atoms with Crippen LogP contribution in [-0.2, 0) is 6.54 Å². The molecule has 0 fully saturated rings. The molecule has 0 aromatic heterocycles. The molecule has 0 saturated carbocycles. The van der Waals surface area contributed by atoms with Gasteiger partial charge in [-0.2, -0.15) is 5.10 Å². The Labute approximate surface area is 153 Å². The van der Waals surface area contributed by atoms with Crippen LogP contribution >= 0.6 is 0 Å². The number of benzene rings is 2. The molecule has 0 bridgehead atoms. The number of amides is 1. The van der Waals surface area contributed by atoms with Crippen LogP contribution < -0.4 is 10.3 Å². The number of phenols is 2. The van der Waals surface area contributed by atoms with E-state index >= 15 is 0 Å². The molecule has 0 unspecified atom stereocenters. The van der Waals surface area contributed by atoms with Crippen LogP contribution in [0.25, 0.3) is 0 Å². The van der Waals surface area contributed by atoms with Gasteiger partial charge < -0.3 is 15.1 Å². The van der Waals surface area contributed by atoms with Crippen molar-refractivity contribution in [2.24, 2.45) is 5.10 Å². The van der Waals surface area contributed by atoms with Crippen LogP contribution in [0.1, 0.15) is 42.3 Å². The highest BCUT2D eigenvalue weighted by Gasteiger charge is 2.12. The summed E-state index contributed by atoms with van der Waals surface area (Å²) in [5, 5.41) is 23.9. The molecule has 0 saturated heterocycles. The number of rotatable bonds is 7. The molecule has 1 amide bonds. The molecule has 0 radical (unpaired) electrons. The lowest BCUT2D eigenvalue weighted by molar-refractivity contribution is -0.910. The van der Waals surface area contributed by atoms with E-state index in [1.807, 2.05) is 6.07 Å². The Morgan fingerprint density at radius 2 is 1.77 bits per heavy atom. The maximum Gasteiger partial charge on any atom is 0.275 e. The van der Waals surface area contributed by atoms with Gasteiger partial charge in [0, 0.05) is 5.56 Å². The normalized spacial score (nSPS) is 11.6. The number of hydrogen-bond acceptors (Lipinski definition) is 4. The standard InChI is InChI=1S/C20H25N3O3/c1-4-23(5-2)13-16-12-15(10-11-18(16)24)14(3)21-22-20(26)17-8-6-7-9-19(17)25/h6-12,24-25H,4-5,13H2,1-3H3,(H,22,26)/p+1/b21-14+. The van der Waals surface area contributed by atoms with Crippen molar-refractivity contribution in [3.8, 4) is 11.5 Å². The molecule has 2 aromatic carbocycles. The second kappa shape index (κ2) is 9.01. The molecular formula is C20H26N3O3+. The minimum Gasteiger partial charge on any atom is -0.507 e. The summed E-state index contributed by atoms with van der Waals surface area (Å²) in [4.78, 5) is 13.5. The van der Waals surface area contributed by atoms with Crippen molar-refractivity contribution in [1.82, 2.24) is 5.43 Å². The Morgan fingerprint density at radius 3 is 2.42 bits per heavy atom. The predicted octanol–water partition coefficient (Wildman–Crippen LogP) is 1.68. The van der Waals surface area contributed by atoms with Gasteiger partial charge in [0.2, 0.25) is 0 Å².